The van der Waals surface area contributed by atoms with Gasteiger partial charge in [0.2, 0.25) is 10.0 Å². The van der Waals surface area contributed by atoms with Crippen molar-refractivity contribution in [3.63, 3.8) is 0 Å². The smallest absolute Gasteiger partial charge is 0.252 e. The summed E-state index contributed by atoms with van der Waals surface area (Å²) in [4.78, 5) is 17.6. The van der Waals surface area contributed by atoms with E-state index in [0.29, 0.717) is 11.6 Å². The van der Waals surface area contributed by atoms with Gasteiger partial charge in [0.15, 0.2) is 0 Å². The van der Waals surface area contributed by atoms with Gasteiger partial charge in [-0.2, -0.15) is 0 Å². The molecule has 9 heteroatoms. The Morgan fingerprint density at radius 2 is 1.97 bits per heavy atom. The first-order chi connectivity index (χ1) is 14.9. The maximum Gasteiger partial charge on any atom is 0.252 e. The highest BCUT2D eigenvalue weighted by molar-refractivity contribution is 7.89. The number of para-hydroxylation sites is 1. The van der Waals surface area contributed by atoms with Crippen LogP contribution in [0, 0.1) is 0 Å². The lowest BCUT2D eigenvalue weighted by Gasteiger charge is -2.21. The molecule has 4 rings (SSSR count). The SMILES string of the molecule is COc1ccccc1C(NC(=O)c1cccc(S(=O)(=O)NC2CC2)c1)c1nccn1C. The number of carbonyl (C=O) groups is 1. The first-order valence-corrected chi connectivity index (χ1v) is 11.4. The number of aromatic nitrogens is 2. The molecule has 1 saturated carbocycles. The Balaban J connectivity index is 1.66. The van der Waals surface area contributed by atoms with Crippen LogP contribution in [0.1, 0.15) is 40.6 Å². The Bertz CT molecular complexity index is 1200. The summed E-state index contributed by atoms with van der Waals surface area (Å²) in [6.07, 6.45) is 5.12. The van der Waals surface area contributed by atoms with Crippen LogP contribution in [0.3, 0.4) is 0 Å². The summed E-state index contributed by atoms with van der Waals surface area (Å²) in [5.41, 5.74) is 0.986. The maximum atomic E-state index is 13.1. The lowest BCUT2D eigenvalue weighted by atomic mass is 10.0. The van der Waals surface area contributed by atoms with Gasteiger partial charge in [0.05, 0.1) is 12.0 Å². The molecular weight excluding hydrogens is 416 g/mol. The van der Waals surface area contributed by atoms with E-state index in [1.807, 2.05) is 35.9 Å². The van der Waals surface area contributed by atoms with Crippen LogP contribution in [-0.4, -0.2) is 37.0 Å². The minimum absolute atomic E-state index is 0.0131. The Morgan fingerprint density at radius 1 is 1.19 bits per heavy atom. The number of hydrogen-bond donors (Lipinski definition) is 2. The van der Waals surface area contributed by atoms with Crippen molar-refractivity contribution in [2.45, 2.75) is 29.8 Å². The summed E-state index contributed by atoms with van der Waals surface area (Å²) in [5, 5.41) is 2.98. The average Bonchev–Trinajstić information content (AvgIpc) is 3.48. The van der Waals surface area contributed by atoms with Crippen LogP contribution in [0.15, 0.2) is 65.8 Å². The van der Waals surface area contributed by atoms with Crippen molar-refractivity contribution in [2.75, 3.05) is 7.11 Å². The van der Waals surface area contributed by atoms with Gasteiger partial charge in [-0.25, -0.2) is 18.1 Å². The number of hydrogen-bond acceptors (Lipinski definition) is 5. The molecule has 0 radical (unpaired) electrons. The molecule has 1 atom stereocenters. The average molecular weight is 441 g/mol. The van der Waals surface area contributed by atoms with Gasteiger partial charge in [-0.05, 0) is 37.1 Å². The zero-order chi connectivity index (χ0) is 22.0. The quantitative estimate of drug-likeness (QED) is 0.560. The zero-order valence-electron chi connectivity index (χ0n) is 17.3. The minimum Gasteiger partial charge on any atom is -0.496 e. The molecule has 1 unspecified atom stereocenters. The predicted octanol–water partition coefficient (Wildman–Crippen LogP) is 2.39. The highest BCUT2D eigenvalue weighted by atomic mass is 32.2. The molecule has 31 heavy (non-hydrogen) atoms. The van der Waals surface area contributed by atoms with E-state index in [2.05, 4.69) is 15.0 Å². The van der Waals surface area contributed by atoms with Crippen molar-refractivity contribution >= 4 is 15.9 Å². The molecule has 1 aromatic heterocycles. The van der Waals surface area contributed by atoms with Crippen LogP contribution in [0.2, 0.25) is 0 Å². The van der Waals surface area contributed by atoms with E-state index in [1.165, 1.54) is 12.1 Å². The van der Waals surface area contributed by atoms with Gasteiger partial charge in [-0.1, -0.05) is 24.3 Å². The van der Waals surface area contributed by atoms with E-state index in [1.54, 1.807) is 31.6 Å². The Kier molecular flexibility index (Phi) is 5.79. The van der Waals surface area contributed by atoms with Gasteiger partial charge in [0, 0.05) is 36.6 Å². The fourth-order valence-corrected chi connectivity index (χ4v) is 4.70. The van der Waals surface area contributed by atoms with Gasteiger partial charge in [0.1, 0.15) is 17.6 Å². The second-order valence-electron chi connectivity index (χ2n) is 7.47. The van der Waals surface area contributed by atoms with Crippen molar-refractivity contribution < 1.29 is 17.9 Å². The highest BCUT2D eigenvalue weighted by Crippen LogP contribution is 2.29. The minimum atomic E-state index is -3.66. The predicted molar refractivity (Wildman–Crippen MR) is 115 cm³/mol. The van der Waals surface area contributed by atoms with Crippen LogP contribution in [0.4, 0.5) is 0 Å². The van der Waals surface area contributed by atoms with Crippen molar-refractivity contribution in [2.24, 2.45) is 7.05 Å². The molecule has 162 valence electrons. The second-order valence-corrected chi connectivity index (χ2v) is 9.18. The normalized spacial score (nSPS) is 14.8. The van der Waals surface area contributed by atoms with E-state index in [0.717, 1.165) is 18.4 Å². The largest absolute Gasteiger partial charge is 0.496 e. The molecule has 0 spiro atoms. The van der Waals surface area contributed by atoms with Crippen molar-refractivity contribution in [3.8, 4) is 5.75 Å². The molecule has 8 nitrogen and oxygen atoms in total. The lowest BCUT2D eigenvalue weighted by molar-refractivity contribution is 0.0940. The van der Waals surface area contributed by atoms with Crippen LogP contribution in [0.25, 0.3) is 0 Å². The number of nitrogens with one attached hydrogen (secondary N) is 2. The van der Waals surface area contributed by atoms with E-state index in [4.69, 9.17) is 4.74 Å². The van der Waals surface area contributed by atoms with E-state index in [9.17, 15) is 13.2 Å². The maximum absolute atomic E-state index is 13.1. The summed E-state index contributed by atoms with van der Waals surface area (Å²) in [5.74, 6) is 0.820. The molecular formula is C22H24N4O4S. The third-order valence-corrected chi connectivity index (χ3v) is 6.67. The number of imidazole rings is 1. The molecule has 1 aliphatic rings. The van der Waals surface area contributed by atoms with Crippen molar-refractivity contribution in [1.82, 2.24) is 19.6 Å². The molecule has 1 amide bonds. The van der Waals surface area contributed by atoms with E-state index >= 15 is 0 Å². The molecule has 1 heterocycles. The summed E-state index contributed by atoms with van der Waals surface area (Å²) >= 11 is 0. The number of rotatable bonds is 8. The lowest BCUT2D eigenvalue weighted by Crippen LogP contribution is -2.32. The third-order valence-electron chi connectivity index (χ3n) is 5.15. The molecule has 1 aliphatic carbocycles. The van der Waals surface area contributed by atoms with Gasteiger partial charge in [0.25, 0.3) is 5.91 Å². The molecule has 0 bridgehead atoms. The first kappa shape index (κ1) is 21.1. The summed E-state index contributed by atoms with van der Waals surface area (Å²) in [6.45, 7) is 0. The highest BCUT2D eigenvalue weighted by Gasteiger charge is 2.29. The summed E-state index contributed by atoms with van der Waals surface area (Å²) in [7, 11) is -0.253. The molecule has 1 fully saturated rings. The number of benzene rings is 2. The van der Waals surface area contributed by atoms with Gasteiger partial charge in [-0.3, -0.25) is 4.79 Å². The molecule has 3 aromatic rings. The van der Waals surface area contributed by atoms with Gasteiger partial charge in [-0.15, -0.1) is 0 Å². The van der Waals surface area contributed by atoms with Crippen LogP contribution in [-0.2, 0) is 17.1 Å². The molecule has 2 aromatic carbocycles. The number of carbonyl (C=O) groups excluding carboxylic acids is 1. The number of amides is 1. The number of aryl methyl sites for hydroxylation is 1. The van der Waals surface area contributed by atoms with E-state index in [-0.39, 0.29) is 16.5 Å². The van der Waals surface area contributed by atoms with Crippen molar-refractivity contribution in [3.05, 3.63) is 77.9 Å². The number of nitrogens with zero attached hydrogens (tertiary/aromatic N) is 2. The number of sulfonamides is 1. The van der Waals surface area contributed by atoms with Gasteiger partial charge >= 0.3 is 0 Å². The third kappa shape index (κ3) is 4.62. The topological polar surface area (TPSA) is 102 Å². The fraction of sp³-hybridized carbons (Fsp3) is 0.273. The monoisotopic (exact) mass is 440 g/mol. The number of methoxy groups -OCH3 is 1. The summed E-state index contributed by atoms with van der Waals surface area (Å²) < 4.78 is 35.0. The zero-order valence-corrected chi connectivity index (χ0v) is 18.1. The van der Waals surface area contributed by atoms with Crippen LogP contribution >= 0.6 is 0 Å². The summed E-state index contributed by atoms with van der Waals surface area (Å²) in [6, 6.07) is 12.8. The van der Waals surface area contributed by atoms with Crippen LogP contribution < -0.4 is 14.8 Å². The van der Waals surface area contributed by atoms with Crippen LogP contribution in [0.5, 0.6) is 5.75 Å². The Morgan fingerprint density at radius 3 is 2.65 bits per heavy atom. The van der Waals surface area contributed by atoms with E-state index < -0.39 is 22.0 Å². The van der Waals surface area contributed by atoms with Gasteiger partial charge < -0.3 is 14.6 Å². The number of ether oxygens (including phenoxy) is 1. The molecule has 0 saturated heterocycles. The molecule has 2 N–H and O–H groups in total. The molecule has 0 aliphatic heterocycles. The Labute approximate surface area is 181 Å². The second kappa shape index (κ2) is 8.52. The van der Waals surface area contributed by atoms with Crippen molar-refractivity contribution in [1.29, 1.82) is 0 Å². The Hall–Kier alpha value is -3.17. The standard InChI is InChI=1S/C22H24N4O4S/c1-26-13-12-23-21(26)20(18-8-3-4-9-19(18)30-2)24-22(27)15-6-5-7-17(14-15)31(28,29)25-16-10-11-16/h3-9,12-14,16,20,25H,10-11H2,1-2H3,(H,24,27). The first-order valence-electron chi connectivity index (χ1n) is 9.92. The fourth-order valence-electron chi connectivity index (χ4n) is 3.35.